The number of hydrogen-bond acceptors (Lipinski definition) is 3. The first-order chi connectivity index (χ1) is 8.31. The summed E-state index contributed by atoms with van der Waals surface area (Å²) in [4.78, 5) is 0. The Morgan fingerprint density at radius 2 is 2.18 bits per heavy atom. The van der Waals surface area contributed by atoms with Crippen molar-refractivity contribution in [2.24, 2.45) is 5.10 Å². The van der Waals surface area contributed by atoms with Crippen LogP contribution in [0.4, 0.5) is 0 Å². The van der Waals surface area contributed by atoms with E-state index in [2.05, 4.69) is 24.1 Å². The molecule has 2 rings (SSSR count). The van der Waals surface area contributed by atoms with E-state index in [1.807, 2.05) is 18.2 Å². The lowest BCUT2D eigenvalue weighted by Gasteiger charge is -2.21. The summed E-state index contributed by atoms with van der Waals surface area (Å²) in [5.74, 6) is 0. The first kappa shape index (κ1) is 12.1. The average molecular weight is 232 g/mol. The Labute approximate surface area is 103 Å². The molecule has 1 aliphatic heterocycles. The summed E-state index contributed by atoms with van der Waals surface area (Å²) in [6.45, 7) is 3.88. The maximum Gasteiger partial charge on any atom is 0.0704 e. The van der Waals surface area contributed by atoms with Crippen molar-refractivity contribution in [2.75, 3.05) is 20.3 Å². The molecular weight excluding hydrogens is 212 g/mol. The Hall–Kier alpha value is -1.35. The smallest absolute Gasteiger partial charge is 0.0704 e. The minimum atomic E-state index is 0.443. The quantitative estimate of drug-likeness (QED) is 0.745. The molecular formula is C14H20N2O. The van der Waals surface area contributed by atoms with Crippen LogP contribution in [0.15, 0.2) is 35.4 Å². The van der Waals surface area contributed by atoms with E-state index in [0.29, 0.717) is 6.04 Å². The van der Waals surface area contributed by atoms with Crippen LogP contribution in [-0.4, -0.2) is 37.0 Å². The van der Waals surface area contributed by atoms with Gasteiger partial charge < -0.3 is 4.74 Å². The van der Waals surface area contributed by atoms with Gasteiger partial charge in [-0.1, -0.05) is 30.3 Å². The fourth-order valence-electron chi connectivity index (χ4n) is 2.24. The Kier molecular flexibility index (Phi) is 4.15. The van der Waals surface area contributed by atoms with Gasteiger partial charge in [0.25, 0.3) is 0 Å². The molecule has 1 saturated heterocycles. The Morgan fingerprint density at radius 1 is 1.41 bits per heavy atom. The highest BCUT2D eigenvalue weighted by Gasteiger charge is 2.23. The number of hydrazone groups is 1. The summed E-state index contributed by atoms with van der Waals surface area (Å²) >= 11 is 0. The Morgan fingerprint density at radius 3 is 2.88 bits per heavy atom. The zero-order valence-corrected chi connectivity index (χ0v) is 10.6. The van der Waals surface area contributed by atoms with Gasteiger partial charge in [-0.05, 0) is 25.3 Å². The second kappa shape index (κ2) is 5.82. The predicted octanol–water partition coefficient (Wildman–Crippen LogP) is 2.52. The van der Waals surface area contributed by atoms with Crippen LogP contribution in [0.2, 0.25) is 0 Å². The third-order valence-corrected chi connectivity index (χ3v) is 3.18. The Bertz CT molecular complexity index is 375. The van der Waals surface area contributed by atoms with Crippen molar-refractivity contribution in [2.45, 2.75) is 25.8 Å². The lowest BCUT2D eigenvalue weighted by Crippen LogP contribution is -2.29. The van der Waals surface area contributed by atoms with Crippen LogP contribution in [0, 0.1) is 0 Å². The van der Waals surface area contributed by atoms with E-state index in [9.17, 15) is 0 Å². The third-order valence-electron chi connectivity index (χ3n) is 3.18. The van der Waals surface area contributed by atoms with Crippen LogP contribution in [0.3, 0.4) is 0 Å². The fourth-order valence-corrected chi connectivity index (χ4v) is 2.24. The van der Waals surface area contributed by atoms with Crippen LogP contribution < -0.4 is 0 Å². The highest BCUT2D eigenvalue weighted by atomic mass is 16.5. The molecule has 92 valence electrons. The standard InChI is InChI=1S/C14H20N2O/c1-12(13-7-4-3-5-8-13)15-16-10-6-9-14(16)11-17-2/h3-5,7-8,14H,6,9-11H2,1-2H3/b15-12-/t14-/m0/s1. The number of ether oxygens (including phenoxy) is 1. The van der Waals surface area contributed by atoms with E-state index in [1.165, 1.54) is 18.4 Å². The summed E-state index contributed by atoms with van der Waals surface area (Å²) in [5.41, 5.74) is 2.27. The largest absolute Gasteiger partial charge is 0.382 e. The molecule has 1 heterocycles. The zero-order chi connectivity index (χ0) is 12.1. The zero-order valence-electron chi connectivity index (χ0n) is 10.6. The monoisotopic (exact) mass is 232 g/mol. The van der Waals surface area contributed by atoms with Gasteiger partial charge in [-0.15, -0.1) is 0 Å². The average Bonchev–Trinajstić information content (AvgIpc) is 2.78. The van der Waals surface area contributed by atoms with Crippen molar-refractivity contribution < 1.29 is 4.74 Å². The molecule has 0 unspecified atom stereocenters. The SMILES string of the molecule is COC[C@@H]1CCCN1/N=C(/C)c1ccccc1. The predicted molar refractivity (Wildman–Crippen MR) is 70.3 cm³/mol. The van der Waals surface area contributed by atoms with E-state index in [0.717, 1.165) is 18.9 Å². The maximum absolute atomic E-state index is 5.23. The third kappa shape index (κ3) is 3.07. The number of methoxy groups -OCH3 is 1. The summed E-state index contributed by atoms with van der Waals surface area (Å²) in [7, 11) is 1.75. The van der Waals surface area contributed by atoms with Crippen LogP contribution in [0.1, 0.15) is 25.3 Å². The molecule has 1 aromatic carbocycles. The second-order valence-electron chi connectivity index (χ2n) is 4.47. The van der Waals surface area contributed by atoms with E-state index < -0.39 is 0 Å². The van der Waals surface area contributed by atoms with Crippen LogP contribution in [0.25, 0.3) is 0 Å². The van der Waals surface area contributed by atoms with Gasteiger partial charge in [0.2, 0.25) is 0 Å². The van der Waals surface area contributed by atoms with E-state index in [1.54, 1.807) is 7.11 Å². The number of rotatable bonds is 4. The van der Waals surface area contributed by atoms with Crippen molar-refractivity contribution in [3.63, 3.8) is 0 Å². The molecule has 0 spiro atoms. The molecule has 0 aromatic heterocycles. The van der Waals surface area contributed by atoms with Crippen molar-refractivity contribution in [1.82, 2.24) is 5.01 Å². The normalized spacial score (nSPS) is 20.9. The molecule has 3 heteroatoms. The fraction of sp³-hybridized carbons (Fsp3) is 0.500. The molecule has 1 aromatic rings. The van der Waals surface area contributed by atoms with E-state index >= 15 is 0 Å². The van der Waals surface area contributed by atoms with Crippen LogP contribution in [0.5, 0.6) is 0 Å². The first-order valence-electron chi connectivity index (χ1n) is 6.17. The Balaban J connectivity index is 2.08. The van der Waals surface area contributed by atoms with Crippen molar-refractivity contribution in [3.8, 4) is 0 Å². The van der Waals surface area contributed by atoms with Gasteiger partial charge >= 0.3 is 0 Å². The molecule has 0 amide bonds. The molecule has 17 heavy (non-hydrogen) atoms. The van der Waals surface area contributed by atoms with Gasteiger partial charge in [0.05, 0.1) is 18.4 Å². The minimum Gasteiger partial charge on any atom is -0.382 e. The van der Waals surface area contributed by atoms with Gasteiger partial charge in [-0.2, -0.15) is 5.10 Å². The topological polar surface area (TPSA) is 24.8 Å². The van der Waals surface area contributed by atoms with Crippen molar-refractivity contribution >= 4 is 5.71 Å². The molecule has 1 atom stereocenters. The molecule has 0 bridgehead atoms. The highest BCUT2D eigenvalue weighted by molar-refractivity contribution is 5.98. The van der Waals surface area contributed by atoms with E-state index in [-0.39, 0.29) is 0 Å². The highest BCUT2D eigenvalue weighted by Crippen LogP contribution is 2.18. The van der Waals surface area contributed by atoms with Crippen LogP contribution >= 0.6 is 0 Å². The number of nitrogens with zero attached hydrogens (tertiary/aromatic N) is 2. The van der Waals surface area contributed by atoms with Gasteiger partial charge in [-0.3, -0.25) is 5.01 Å². The molecule has 0 N–H and O–H groups in total. The lowest BCUT2D eigenvalue weighted by molar-refractivity contribution is 0.118. The van der Waals surface area contributed by atoms with Crippen LogP contribution in [-0.2, 0) is 4.74 Å². The first-order valence-corrected chi connectivity index (χ1v) is 6.17. The molecule has 1 fully saturated rings. The van der Waals surface area contributed by atoms with Crippen molar-refractivity contribution in [3.05, 3.63) is 35.9 Å². The number of benzene rings is 1. The lowest BCUT2D eigenvalue weighted by atomic mass is 10.1. The molecule has 0 aliphatic carbocycles. The summed E-state index contributed by atoms with van der Waals surface area (Å²) in [5, 5.41) is 6.89. The molecule has 3 nitrogen and oxygen atoms in total. The van der Waals surface area contributed by atoms with Gasteiger partial charge in [-0.25, -0.2) is 0 Å². The van der Waals surface area contributed by atoms with Crippen molar-refractivity contribution in [1.29, 1.82) is 0 Å². The summed E-state index contributed by atoms with van der Waals surface area (Å²) < 4.78 is 5.23. The molecule has 0 radical (unpaired) electrons. The van der Waals surface area contributed by atoms with E-state index in [4.69, 9.17) is 9.84 Å². The van der Waals surface area contributed by atoms with Gasteiger partial charge in [0.15, 0.2) is 0 Å². The molecule has 0 saturated carbocycles. The summed E-state index contributed by atoms with van der Waals surface area (Å²) in [6.07, 6.45) is 2.39. The molecule has 1 aliphatic rings. The van der Waals surface area contributed by atoms with Gasteiger partial charge in [0, 0.05) is 13.7 Å². The summed E-state index contributed by atoms with van der Waals surface area (Å²) in [6, 6.07) is 10.8. The second-order valence-corrected chi connectivity index (χ2v) is 4.47. The van der Waals surface area contributed by atoms with Gasteiger partial charge in [0.1, 0.15) is 0 Å². The minimum absolute atomic E-state index is 0.443. The maximum atomic E-state index is 5.23. The number of hydrogen-bond donors (Lipinski definition) is 0.